The maximum Gasteiger partial charge on any atom is 0.338 e. The van der Waals surface area contributed by atoms with Gasteiger partial charge in [0.2, 0.25) is 0 Å². The number of imide groups is 1. The second-order valence-electron chi connectivity index (χ2n) is 9.11. The van der Waals surface area contributed by atoms with Crippen LogP contribution in [0.4, 0.5) is 0 Å². The molecule has 12 heteroatoms. The first-order chi connectivity index (χ1) is 18.9. The van der Waals surface area contributed by atoms with E-state index in [0.717, 1.165) is 6.26 Å². The Kier molecular flexibility index (Phi) is 8.92. The van der Waals surface area contributed by atoms with Crippen molar-refractivity contribution in [1.29, 1.82) is 0 Å². The SMILES string of the molecule is CS(=O)(=O)CC[C@@H](C(=O)OCc1ccc(Cl)cc1)N1C(=O)c2ccc(C(=O)OCc3ccc(Cl)cc3)cc2C1=O. The Bertz CT molecular complexity index is 1570. The molecule has 0 radical (unpaired) electrons. The molecule has 0 aromatic heterocycles. The van der Waals surface area contributed by atoms with E-state index >= 15 is 0 Å². The van der Waals surface area contributed by atoms with Crippen LogP contribution in [-0.4, -0.2) is 55.1 Å². The monoisotopic (exact) mass is 603 g/mol. The Morgan fingerprint density at radius 3 is 1.88 bits per heavy atom. The first kappa shape index (κ1) is 29.3. The Hall–Kier alpha value is -3.73. The molecule has 2 amide bonds. The largest absolute Gasteiger partial charge is 0.459 e. The Balaban J connectivity index is 1.52. The predicted molar refractivity (Wildman–Crippen MR) is 147 cm³/mol. The second kappa shape index (κ2) is 12.2. The number of amides is 2. The summed E-state index contributed by atoms with van der Waals surface area (Å²) in [6, 6.07) is 15.5. The molecular formula is C28H23Cl2NO8S. The van der Waals surface area contributed by atoms with E-state index in [1.165, 1.54) is 18.2 Å². The summed E-state index contributed by atoms with van der Waals surface area (Å²) >= 11 is 11.7. The lowest BCUT2D eigenvalue weighted by Crippen LogP contribution is -2.46. The van der Waals surface area contributed by atoms with Gasteiger partial charge in [-0.25, -0.2) is 18.0 Å². The number of nitrogens with zero attached hydrogens (tertiary/aromatic N) is 1. The molecule has 1 atom stereocenters. The van der Waals surface area contributed by atoms with E-state index in [0.29, 0.717) is 26.1 Å². The van der Waals surface area contributed by atoms with Gasteiger partial charge >= 0.3 is 11.9 Å². The van der Waals surface area contributed by atoms with Crippen molar-refractivity contribution >= 4 is 56.8 Å². The first-order valence-electron chi connectivity index (χ1n) is 12.0. The number of ether oxygens (including phenoxy) is 2. The van der Waals surface area contributed by atoms with Crippen LogP contribution in [0.25, 0.3) is 0 Å². The van der Waals surface area contributed by atoms with Crippen molar-refractivity contribution in [3.63, 3.8) is 0 Å². The van der Waals surface area contributed by atoms with E-state index in [4.69, 9.17) is 32.7 Å². The number of sulfone groups is 1. The molecule has 0 unspecified atom stereocenters. The van der Waals surface area contributed by atoms with Gasteiger partial charge in [0.15, 0.2) is 0 Å². The molecule has 0 spiro atoms. The Morgan fingerprint density at radius 1 is 0.800 bits per heavy atom. The maximum absolute atomic E-state index is 13.3. The molecule has 0 bridgehead atoms. The summed E-state index contributed by atoms with van der Waals surface area (Å²) in [6.07, 6.45) is 0.618. The van der Waals surface area contributed by atoms with Crippen molar-refractivity contribution < 1.29 is 37.1 Å². The van der Waals surface area contributed by atoms with Crippen LogP contribution in [0.1, 0.15) is 48.6 Å². The topological polar surface area (TPSA) is 124 Å². The zero-order valence-electron chi connectivity index (χ0n) is 21.1. The third kappa shape index (κ3) is 7.07. The zero-order chi connectivity index (χ0) is 29.0. The summed E-state index contributed by atoms with van der Waals surface area (Å²) in [6.45, 7) is -0.225. The van der Waals surface area contributed by atoms with Gasteiger partial charge in [0, 0.05) is 16.3 Å². The molecule has 1 aliphatic heterocycles. The van der Waals surface area contributed by atoms with Crippen molar-refractivity contribution in [2.75, 3.05) is 12.0 Å². The molecule has 0 aliphatic carbocycles. The minimum absolute atomic E-state index is 0.0220. The van der Waals surface area contributed by atoms with Gasteiger partial charge in [0.1, 0.15) is 29.1 Å². The number of carbonyl (C=O) groups excluding carboxylic acids is 4. The lowest BCUT2D eigenvalue weighted by molar-refractivity contribution is -0.149. The van der Waals surface area contributed by atoms with Crippen molar-refractivity contribution in [2.24, 2.45) is 0 Å². The molecule has 4 rings (SSSR count). The summed E-state index contributed by atoms with van der Waals surface area (Å²) in [7, 11) is -3.55. The fourth-order valence-electron chi connectivity index (χ4n) is 3.99. The predicted octanol–water partition coefficient (Wildman–Crippen LogP) is 4.49. The average molecular weight is 604 g/mol. The van der Waals surface area contributed by atoms with Gasteiger partial charge in [-0.05, 0) is 60.0 Å². The molecule has 3 aromatic rings. The smallest absolute Gasteiger partial charge is 0.338 e. The quantitative estimate of drug-likeness (QED) is 0.245. The normalized spacial score (nSPS) is 13.6. The molecule has 3 aromatic carbocycles. The number of rotatable bonds is 10. The zero-order valence-corrected chi connectivity index (χ0v) is 23.5. The number of carbonyl (C=O) groups is 4. The molecular weight excluding hydrogens is 581 g/mol. The number of hydrogen-bond acceptors (Lipinski definition) is 8. The number of fused-ring (bicyclic) bond motifs is 1. The minimum atomic E-state index is -3.55. The van der Waals surface area contributed by atoms with E-state index in [1.807, 2.05) is 0 Å². The van der Waals surface area contributed by atoms with Crippen LogP contribution in [-0.2, 0) is 37.3 Å². The molecule has 40 heavy (non-hydrogen) atoms. The van der Waals surface area contributed by atoms with Crippen LogP contribution in [0, 0.1) is 0 Å². The fraction of sp³-hybridized carbons (Fsp3) is 0.214. The highest BCUT2D eigenvalue weighted by Crippen LogP contribution is 2.28. The molecule has 0 fully saturated rings. The summed E-state index contributed by atoms with van der Waals surface area (Å²) in [4.78, 5) is 53.0. The van der Waals surface area contributed by atoms with E-state index < -0.39 is 45.4 Å². The summed E-state index contributed by atoms with van der Waals surface area (Å²) in [5, 5.41) is 1.02. The molecule has 1 aliphatic rings. The van der Waals surface area contributed by atoms with Gasteiger partial charge in [-0.15, -0.1) is 0 Å². The van der Waals surface area contributed by atoms with E-state index in [9.17, 15) is 27.6 Å². The highest BCUT2D eigenvalue weighted by Gasteiger charge is 2.44. The van der Waals surface area contributed by atoms with Crippen LogP contribution >= 0.6 is 23.2 Å². The van der Waals surface area contributed by atoms with Crippen LogP contribution in [0.3, 0.4) is 0 Å². The lowest BCUT2D eigenvalue weighted by atomic mass is 10.1. The van der Waals surface area contributed by atoms with E-state index in [-0.39, 0.29) is 36.3 Å². The van der Waals surface area contributed by atoms with Crippen LogP contribution in [0.2, 0.25) is 10.0 Å². The summed E-state index contributed by atoms with van der Waals surface area (Å²) < 4.78 is 34.4. The van der Waals surface area contributed by atoms with Gasteiger partial charge in [0.05, 0.1) is 22.4 Å². The van der Waals surface area contributed by atoms with Crippen LogP contribution in [0.15, 0.2) is 66.7 Å². The van der Waals surface area contributed by atoms with Crippen molar-refractivity contribution in [3.8, 4) is 0 Å². The van der Waals surface area contributed by atoms with Crippen LogP contribution in [0.5, 0.6) is 0 Å². The third-order valence-corrected chi connectivity index (χ3v) is 7.56. The minimum Gasteiger partial charge on any atom is -0.459 e. The number of benzene rings is 3. The van der Waals surface area contributed by atoms with Gasteiger partial charge in [-0.3, -0.25) is 14.5 Å². The third-order valence-electron chi connectivity index (χ3n) is 6.08. The van der Waals surface area contributed by atoms with Gasteiger partial charge in [-0.1, -0.05) is 47.5 Å². The van der Waals surface area contributed by atoms with E-state index in [2.05, 4.69) is 0 Å². The second-order valence-corrected chi connectivity index (χ2v) is 12.2. The molecule has 9 nitrogen and oxygen atoms in total. The standard InChI is InChI=1S/C28H23Cl2NO8S/c1-40(36,37)13-12-24(28(35)39-16-18-4-9-21(30)10-5-18)31-25(32)22-11-6-19(14-23(22)26(31)33)27(34)38-15-17-2-7-20(29)8-3-17/h2-11,14,24H,12-13,15-16H2,1H3/t24-/m0/s1. The molecule has 0 saturated heterocycles. The van der Waals surface area contributed by atoms with Gasteiger partial charge in [-0.2, -0.15) is 0 Å². The number of esters is 2. The Labute approximate surface area is 240 Å². The lowest BCUT2D eigenvalue weighted by Gasteiger charge is -2.24. The maximum atomic E-state index is 13.3. The molecule has 0 N–H and O–H groups in total. The van der Waals surface area contributed by atoms with E-state index in [1.54, 1.807) is 48.5 Å². The van der Waals surface area contributed by atoms with Crippen LogP contribution < -0.4 is 0 Å². The summed E-state index contributed by atoms with van der Waals surface area (Å²) in [5.74, 6) is -3.80. The van der Waals surface area contributed by atoms with Crippen molar-refractivity contribution in [2.45, 2.75) is 25.7 Å². The molecule has 208 valence electrons. The number of halogens is 2. The number of hydrogen-bond donors (Lipinski definition) is 0. The van der Waals surface area contributed by atoms with Gasteiger partial charge < -0.3 is 9.47 Å². The Morgan fingerprint density at radius 2 is 1.32 bits per heavy atom. The average Bonchev–Trinajstić information content (AvgIpc) is 3.16. The van der Waals surface area contributed by atoms with Crippen molar-refractivity contribution in [3.05, 3.63) is 105 Å². The molecule has 0 saturated carbocycles. The fourth-order valence-corrected chi connectivity index (χ4v) is 4.90. The van der Waals surface area contributed by atoms with Gasteiger partial charge in [0.25, 0.3) is 11.8 Å². The summed E-state index contributed by atoms with van der Waals surface area (Å²) in [5.41, 5.74) is 1.18. The highest BCUT2D eigenvalue weighted by molar-refractivity contribution is 7.90. The molecule has 1 heterocycles. The first-order valence-corrected chi connectivity index (χ1v) is 14.8. The highest BCUT2D eigenvalue weighted by atomic mass is 35.5. The van der Waals surface area contributed by atoms with Crippen molar-refractivity contribution in [1.82, 2.24) is 4.90 Å².